The van der Waals surface area contributed by atoms with E-state index in [2.05, 4.69) is 20.6 Å². The van der Waals surface area contributed by atoms with Crippen molar-refractivity contribution in [3.63, 3.8) is 0 Å². The van der Waals surface area contributed by atoms with Crippen molar-refractivity contribution in [3.8, 4) is 5.75 Å². The van der Waals surface area contributed by atoms with Gasteiger partial charge in [0.05, 0.1) is 7.11 Å². The second kappa shape index (κ2) is 9.50. The standard InChI is InChI=1S/C22H24N4O2/c1-16-3-5-18(6-4-16)14-24-22(27)20-13-21(26-15-25-20)23-12-11-17-7-9-19(28-2)10-8-17/h3-10,13,15H,11-12,14H2,1-2H3,(H,24,27)(H,23,25,26). The third kappa shape index (κ3) is 5.54. The van der Waals surface area contributed by atoms with Gasteiger partial charge in [-0.15, -0.1) is 0 Å². The van der Waals surface area contributed by atoms with Crippen molar-refractivity contribution in [2.45, 2.75) is 19.9 Å². The fraction of sp³-hybridized carbons (Fsp3) is 0.227. The third-order valence-corrected chi connectivity index (χ3v) is 4.35. The minimum Gasteiger partial charge on any atom is -0.497 e. The number of carbonyl (C=O) groups is 1. The van der Waals surface area contributed by atoms with Crippen molar-refractivity contribution < 1.29 is 9.53 Å². The van der Waals surface area contributed by atoms with E-state index in [-0.39, 0.29) is 5.91 Å². The Morgan fingerprint density at radius 1 is 1.00 bits per heavy atom. The van der Waals surface area contributed by atoms with Gasteiger partial charge in [0, 0.05) is 19.2 Å². The molecule has 0 fully saturated rings. The molecule has 3 rings (SSSR count). The molecule has 0 saturated heterocycles. The molecule has 144 valence electrons. The van der Waals surface area contributed by atoms with Crippen molar-refractivity contribution in [1.82, 2.24) is 15.3 Å². The molecule has 6 heteroatoms. The number of amides is 1. The second-order valence-corrected chi connectivity index (χ2v) is 6.48. The summed E-state index contributed by atoms with van der Waals surface area (Å²) >= 11 is 0. The normalized spacial score (nSPS) is 10.4. The van der Waals surface area contributed by atoms with Gasteiger partial charge in [0.25, 0.3) is 5.91 Å². The largest absolute Gasteiger partial charge is 0.497 e. The molecule has 0 aliphatic rings. The molecule has 0 saturated carbocycles. The average Bonchev–Trinajstić information content (AvgIpc) is 2.74. The third-order valence-electron chi connectivity index (χ3n) is 4.35. The molecule has 0 spiro atoms. The average molecular weight is 376 g/mol. The monoisotopic (exact) mass is 376 g/mol. The van der Waals surface area contributed by atoms with Gasteiger partial charge in [0.1, 0.15) is 23.6 Å². The Balaban J connectivity index is 1.50. The van der Waals surface area contributed by atoms with Crippen LogP contribution in [0.2, 0.25) is 0 Å². The number of rotatable bonds is 8. The second-order valence-electron chi connectivity index (χ2n) is 6.48. The van der Waals surface area contributed by atoms with Crippen LogP contribution in [0, 0.1) is 6.92 Å². The van der Waals surface area contributed by atoms with E-state index in [9.17, 15) is 4.79 Å². The fourth-order valence-corrected chi connectivity index (χ4v) is 2.68. The summed E-state index contributed by atoms with van der Waals surface area (Å²) in [4.78, 5) is 20.6. The first-order valence-corrected chi connectivity index (χ1v) is 9.16. The first-order valence-electron chi connectivity index (χ1n) is 9.16. The number of methoxy groups -OCH3 is 1. The van der Waals surface area contributed by atoms with E-state index in [0.717, 1.165) is 17.7 Å². The Kier molecular flexibility index (Phi) is 6.57. The molecule has 1 aromatic heterocycles. The lowest BCUT2D eigenvalue weighted by atomic mass is 10.1. The van der Waals surface area contributed by atoms with Gasteiger partial charge in [-0.25, -0.2) is 9.97 Å². The SMILES string of the molecule is COc1ccc(CCNc2cc(C(=O)NCc3ccc(C)cc3)ncn2)cc1. The number of carbonyl (C=O) groups excluding carboxylic acids is 1. The minimum atomic E-state index is -0.221. The molecule has 2 N–H and O–H groups in total. The molecular formula is C22H24N4O2. The Labute approximate surface area is 165 Å². The summed E-state index contributed by atoms with van der Waals surface area (Å²) in [6.07, 6.45) is 2.24. The van der Waals surface area contributed by atoms with Crippen molar-refractivity contribution in [1.29, 1.82) is 0 Å². The van der Waals surface area contributed by atoms with Crippen LogP contribution in [-0.2, 0) is 13.0 Å². The number of nitrogens with one attached hydrogen (secondary N) is 2. The van der Waals surface area contributed by atoms with Crippen LogP contribution in [0.4, 0.5) is 5.82 Å². The van der Waals surface area contributed by atoms with E-state index in [1.165, 1.54) is 17.5 Å². The molecule has 1 heterocycles. The molecule has 0 radical (unpaired) electrons. The summed E-state index contributed by atoms with van der Waals surface area (Å²) < 4.78 is 5.16. The molecule has 0 atom stereocenters. The van der Waals surface area contributed by atoms with Crippen LogP contribution in [0.5, 0.6) is 5.75 Å². The Morgan fingerprint density at radius 3 is 2.43 bits per heavy atom. The fourth-order valence-electron chi connectivity index (χ4n) is 2.68. The number of nitrogens with zero attached hydrogens (tertiary/aromatic N) is 2. The maximum absolute atomic E-state index is 12.4. The lowest BCUT2D eigenvalue weighted by Crippen LogP contribution is -2.24. The minimum absolute atomic E-state index is 0.221. The molecular weight excluding hydrogens is 352 g/mol. The number of aryl methyl sites for hydroxylation is 1. The van der Waals surface area contributed by atoms with Gasteiger partial charge in [-0.1, -0.05) is 42.0 Å². The Bertz CT molecular complexity index is 909. The molecule has 2 aromatic carbocycles. The van der Waals surface area contributed by atoms with E-state index in [0.29, 0.717) is 24.6 Å². The zero-order chi connectivity index (χ0) is 19.8. The lowest BCUT2D eigenvalue weighted by Gasteiger charge is -2.08. The maximum atomic E-state index is 12.4. The molecule has 3 aromatic rings. The summed E-state index contributed by atoms with van der Waals surface area (Å²) in [5.74, 6) is 1.25. The highest BCUT2D eigenvalue weighted by molar-refractivity contribution is 5.92. The van der Waals surface area contributed by atoms with E-state index in [4.69, 9.17) is 4.74 Å². The summed E-state index contributed by atoms with van der Waals surface area (Å²) in [6, 6.07) is 17.7. The zero-order valence-corrected chi connectivity index (χ0v) is 16.1. The van der Waals surface area contributed by atoms with Crippen molar-refractivity contribution in [2.75, 3.05) is 19.0 Å². The smallest absolute Gasteiger partial charge is 0.270 e. The van der Waals surface area contributed by atoms with Gasteiger partial charge in [-0.05, 0) is 36.6 Å². The number of ether oxygens (including phenoxy) is 1. The number of benzene rings is 2. The summed E-state index contributed by atoms with van der Waals surface area (Å²) in [6.45, 7) is 3.20. The van der Waals surface area contributed by atoms with Gasteiger partial charge in [0.15, 0.2) is 0 Å². The number of aromatic nitrogens is 2. The quantitative estimate of drug-likeness (QED) is 0.630. The Hall–Kier alpha value is -3.41. The van der Waals surface area contributed by atoms with Crippen LogP contribution in [0.3, 0.4) is 0 Å². The number of hydrogen-bond acceptors (Lipinski definition) is 5. The van der Waals surface area contributed by atoms with Crippen LogP contribution < -0.4 is 15.4 Å². The highest BCUT2D eigenvalue weighted by Crippen LogP contribution is 2.12. The predicted molar refractivity (Wildman–Crippen MR) is 110 cm³/mol. The molecule has 0 unspecified atom stereocenters. The van der Waals surface area contributed by atoms with E-state index in [1.807, 2.05) is 55.5 Å². The molecule has 0 bridgehead atoms. The van der Waals surface area contributed by atoms with Crippen LogP contribution in [0.15, 0.2) is 60.9 Å². The van der Waals surface area contributed by atoms with Crippen molar-refractivity contribution >= 4 is 11.7 Å². The van der Waals surface area contributed by atoms with E-state index < -0.39 is 0 Å². The highest BCUT2D eigenvalue weighted by atomic mass is 16.5. The first kappa shape index (κ1) is 19.4. The molecule has 1 amide bonds. The summed E-state index contributed by atoms with van der Waals surface area (Å²) in [5.41, 5.74) is 3.77. The van der Waals surface area contributed by atoms with Crippen LogP contribution in [0.1, 0.15) is 27.2 Å². The van der Waals surface area contributed by atoms with Crippen molar-refractivity contribution in [2.24, 2.45) is 0 Å². The number of hydrogen-bond donors (Lipinski definition) is 2. The summed E-state index contributed by atoms with van der Waals surface area (Å²) in [7, 11) is 1.65. The topological polar surface area (TPSA) is 76.1 Å². The van der Waals surface area contributed by atoms with Crippen LogP contribution in [0.25, 0.3) is 0 Å². The first-order chi connectivity index (χ1) is 13.6. The van der Waals surface area contributed by atoms with Gasteiger partial charge < -0.3 is 15.4 Å². The summed E-state index contributed by atoms with van der Waals surface area (Å²) in [5, 5.41) is 6.12. The van der Waals surface area contributed by atoms with Gasteiger partial charge in [0.2, 0.25) is 0 Å². The highest BCUT2D eigenvalue weighted by Gasteiger charge is 2.08. The van der Waals surface area contributed by atoms with Gasteiger partial charge >= 0.3 is 0 Å². The molecule has 6 nitrogen and oxygen atoms in total. The predicted octanol–water partition coefficient (Wildman–Crippen LogP) is 3.38. The van der Waals surface area contributed by atoms with Gasteiger partial charge in [-0.2, -0.15) is 0 Å². The van der Waals surface area contributed by atoms with E-state index in [1.54, 1.807) is 13.2 Å². The number of anilines is 1. The van der Waals surface area contributed by atoms with Crippen molar-refractivity contribution in [3.05, 3.63) is 83.3 Å². The molecule has 0 aliphatic heterocycles. The van der Waals surface area contributed by atoms with Crippen LogP contribution >= 0.6 is 0 Å². The maximum Gasteiger partial charge on any atom is 0.270 e. The van der Waals surface area contributed by atoms with Gasteiger partial charge in [-0.3, -0.25) is 4.79 Å². The van der Waals surface area contributed by atoms with E-state index >= 15 is 0 Å². The lowest BCUT2D eigenvalue weighted by molar-refractivity contribution is 0.0946. The van der Waals surface area contributed by atoms with Crippen LogP contribution in [-0.4, -0.2) is 29.5 Å². The zero-order valence-electron chi connectivity index (χ0n) is 16.1. The molecule has 0 aliphatic carbocycles. The molecule has 28 heavy (non-hydrogen) atoms. The Morgan fingerprint density at radius 2 is 1.71 bits per heavy atom.